The Balaban J connectivity index is 1.50. The van der Waals surface area contributed by atoms with Crippen LogP contribution in [0.3, 0.4) is 0 Å². The second kappa shape index (κ2) is 5.32. The van der Waals surface area contributed by atoms with Crippen molar-refractivity contribution in [1.82, 2.24) is 4.31 Å². The molecule has 1 saturated heterocycles. The van der Waals surface area contributed by atoms with Crippen molar-refractivity contribution in [2.45, 2.75) is 29.9 Å². The molecule has 130 valence electrons. The highest BCUT2D eigenvalue weighted by atomic mass is 32.2. The number of benzene rings is 2. The monoisotopic (exact) mass is 355 g/mol. The van der Waals surface area contributed by atoms with Gasteiger partial charge in [-0.2, -0.15) is 0 Å². The zero-order valence-electron chi connectivity index (χ0n) is 14.0. The predicted molar refractivity (Wildman–Crippen MR) is 97.2 cm³/mol. The Kier molecular flexibility index (Phi) is 3.28. The SMILES string of the molecule is O=S(=O)(C1CC1)N1CC[C@@]2(COc3ccc(-c4ccccc4)cc32)C1. The van der Waals surface area contributed by atoms with Gasteiger partial charge in [0.1, 0.15) is 5.75 Å². The highest BCUT2D eigenvalue weighted by molar-refractivity contribution is 7.90. The van der Waals surface area contributed by atoms with Gasteiger partial charge in [-0.15, -0.1) is 0 Å². The van der Waals surface area contributed by atoms with Crippen LogP contribution >= 0.6 is 0 Å². The summed E-state index contributed by atoms with van der Waals surface area (Å²) in [6, 6.07) is 16.6. The van der Waals surface area contributed by atoms with Crippen LogP contribution in [0, 0.1) is 0 Å². The van der Waals surface area contributed by atoms with Crippen LogP contribution in [0.15, 0.2) is 48.5 Å². The molecule has 5 heteroatoms. The third kappa shape index (κ3) is 2.41. The number of nitrogens with zero attached hydrogens (tertiary/aromatic N) is 1. The summed E-state index contributed by atoms with van der Waals surface area (Å²) in [6.45, 7) is 1.74. The van der Waals surface area contributed by atoms with Crippen LogP contribution in [0.5, 0.6) is 5.75 Å². The van der Waals surface area contributed by atoms with E-state index < -0.39 is 10.0 Å². The van der Waals surface area contributed by atoms with Crippen LogP contribution in [0.1, 0.15) is 24.8 Å². The van der Waals surface area contributed by atoms with E-state index in [2.05, 4.69) is 24.3 Å². The van der Waals surface area contributed by atoms with E-state index in [4.69, 9.17) is 4.74 Å². The van der Waals surface area contributed by atoms with Crippen LogP contribution in [0.4, 0.5) is 0 Å². The number of fused-ring (bicyclic) bond motifs is 2. The van der Waals surface area contributed by atoms with E-state index in [0.29, 0.717) is 19.7 Å². The number of hydrogen-bond acceptors (Lipinski definition) is 3. The minimum Gasteiger partial charge on any atom is -0.492 e. The van der Waals surface area contributed by atoms with Crippen LogP contribution in [0.2, 0.25) is 0 Å². The molecule has 1 atom stereocenters. The Morgan fingerprint density at radius 3 is 2.60 bits per heavy atom. The summed E-state index contributed by atoms with van der Waals surface area (Å²) >= 11 is 0. The smallest absolute Gasteiger partial charge is 0.217 e. The third-order valence-corrected chi connectivity index (χ3v) is 8.13. The molecule has 25 heavy (non-hydrogen) atoms. The summed E-state index contributed by atoms with van der Waals surface area (Å²) in [7, 11) is -3.12. The Hall–Kier alpha value is -1.85. The van der Waals surface area contributed by atoms with Crippen LogP contribution in [-0.4, -0.2) is 37.7 Å². The van der Waals surface area contributed by atoms with E-state index in [0.717, 1.165) is 30.6 Å². The van der Waals surface area contributed by atoms with E-state index in [1.54, 1.807) is 4.31 Å². The Labute approximate surface area is 148 Å². The second-order valence-electron chi connectivity index (χ2n) is 7.47. The zero-order chi connectivity index (χ0) is 17.1. The quantitative estimate of drug-likeness (QED) is 0.849. The average Bonchev–Trinajstić information content (AvgIpc) is 3.33. The molecule has 2 aliphatic heterocycles. The lowest BCUT2D eigenvalue weighted by Gasteiger charge is -2.23. The van der Waals surface area contributed by atoms with Crippen LogP contribution in [0.25, 0.3) is 11.1 Å². The van der Waals surface area contributed by atoms with Crippen molar-refractivity contribution < 1.29 is 13.2 Å². The molecule has 0 N–H and O–H groups in total. The van der Waals surface area contributed by atoms with Crippen molar-refractivity contribution in [3.8, 4) is 16.9 Å². The average molecular weight is 355 g/mol. The Bertz CT molecular complexity index is 921. The van der Waals surface area contributed by atoms with E-state index in [-0.39, 0.29) is 10.7 Å². The standard InChI is InChI=1S/C20H21NO3S/c22-25(23,17-7-8-17)21-11-10-20(13-21)14-24-19-9-6-16(12-18(19)20)15-4-2-1-3-5-15/h1-6,9,12,17H,7-8,10-11,13-14H2/t20-/m0/s1. The molecule has 1 saturated carbocycles. The highest BCUT2D eigenvalue weighted by Gasteiger charge is 2.51. The molecule has 1 spiro atoms. The van der Waals surface area contributed by atoms with Gasteiger partial charge in [-0.3, -0.25) is 0 Å². The molecular formula is C20H21NO3S. The van der Waals surface area contributed by atoms with E-state index in [9.17, 15) is 8.42 Å². The lowest BCUT2D eigenvalue weighted by atomic mass is 9.81. The van der Waals surface area contributed by atoms with E-state index in [1.165, 1.54) is 11.1 Å². The van der Waals surface area contributed by atoms with Crippen molar-refractivity contribution >= 4 is 10.0 Å². The molecule has 0 aromatic heterocycles. The first-order chi connectivity index (χ1) is 12.1. The summed E-state index contributed by atoms with van der Waals surface area (Å²) in [5.41, 5.74) is 3.31. The lowest BCUT2D eigenvalue weighted by Crippen LogP contribution is -2.37. The molecule has 2 heterocycles. The first kappa shape index (κ1) is 15.4. The zero-order valence-corrected chi connectivity index (χ0v) is 14.8. The van der Waals surface area contributed by atoms with Gasteiger partial charge >= 0.3 is 0 Å². The Morgan fingerprint density at radius 2 is 1.84 bits per heavy atom. The molecule has 2 aromatic rings. The molecule has 0 bridgehead atoms. The molecular weight excluding hydrogens is 334 g/mol. The topological polar surface area (TPSA) is 46.6 Å². The number of rotatable bonds is 3. The molecule has 3 aliphatic rings. The maximum atomic E-state index is 12.6. The highest BCUT2D eigenvalue weighted by Crippen LogP contribution is 2.47. The van der Waals surface area contributed by atoms with Crippen molar-refractivity contribution in [3.05, 3.63) is 54.1 Å². The van der Waals surface area contributed by atoms with Gasteiger partial charge in [0.2, 0.25) is 10.0 Å². The molecule has 4 nitrogen and oxygen atoms in total. The van der Waals surface area contributed by atoms with Crippen LogP contribution < -0.4 is 4.74 Å². The van der Waals surface area contributed by atoms with Gasteiger partial charge < -0.3 is 4.74 Å². The number of ether oxygens (including phenoxy) is 1. The second-order valence-corrected chi connectivity index (χ2v) is 9.69. The first-order valence-corrected chi connectivity index (χ1v) is 10.4. The lowest BCUT2D eigenvalue weighted by molar-refractivity contribution is 0.271. The fourth-order valence-electron chi connectivity index (χ4n) is 4.14. The molecule has 5 rings (SSSR count). The fourth-order valence-corrected chi connectivity index (χ4v) is 6.07. The van der Waals surface area contributed by atoms with Crippen molar-refractivity contribution in [1.29, 1.82) is 0 Å². The largest absolute Gasteiger partial charge is 0.492 e. The van der Waals surface area contributed by atoms with Crippen molar-refractivity contribution in [2.24, 2.45) is 0 Å². The summed E-state index contributed by atoms with van der Waals surface area (Å²) in [4.78, 5) is 0. The maximum absolute atomic E-state index is 12.6. The molecule has 0 unspecified atom stereocenters. The molecule has 1 aliphatic carbocycles. The van der Waals surface area contributed by atoms with Crippen LogP contribution in [-0.2, 0) is 15.4 Å². The van der Waals surface area contributed by atoms with Gasteiger partial charge in [0, 0.05) is 24.1 Å². The molecule has 0 amide bonds. The summed E-state index contributed by atoms with van der Waals surface area (Å²) < 4.78 is 32.9. The van der Waals surface area contributed by atoms with E-state index >= 15 is 0 Å². The van der Waals surface area contributed by atoms with Gasteiger partial charge in [0.05, 0.1) is 11.9 Å². The van der Waals surface area contributed by atoms with Gasteiger partial charge in [-0.1, -0.05) is 36.4 Å². The first-order valence-electron chi connectivity index (χ1n) is 8.90. The van der Waals surface area contributed by atoms with Gasteiger partial charge in [0.15, 0.2) is 0 Å². The number of hydrogen-bond donors (Lipinski definition) is 0. The normalized spacial score (nSPS) is 25.9. The molecule has 2 aromatic carbocycles. The van der Waals surface area contributed by atoms with E-state index in [1.807, 2.05) is 24.3 Å². The van der Waals surface area contributed by atoms with Gasteiger partial charge in [-0.25, -0.2) is 12.7 Å². The third-order valence-electron chi connectivity index (χ3n) is 5.79. The fraction of sp³-hybridized carbons (Fsp3) is 0.400. The molecule has 2 fully saturated rings. The minimum absolute atomic E-state index is 0.139. The maximum Gasteiger partial charge on any atom is 0.217 e. The molecule has 0 radical (unpaired) electrons. The van der Waals surface area contributed by atoms with Crippen molar-refractivity contribution in [2.75, 3.05) is 19.7 Å². The summed E-state index contributed by atoms with van der Waals surface area (Å²) in [5.74, 6) is 0.908. The van der Waals surface area contributed by atoms with Gasteiger partial charge in [-0.05, 0) is 42.5 Å². The summed E-state index contributed by atoms with van der Waals surface area (Å²) in [5, 5.41) is -0.139. The summed E-state index contributed by atoms with van der Waals surface area (Å²) in [6.07, 6.45) is 2.47. The van der Waals surface area contributed by atoms with Gasteiger partial charge in [0.25, 0.3) is 0 Å². The number of sulfonamides is 1. The minimum atomic E-state index is -3.12. The Morgan fingerprint density at radius 1 is 1.04 bits per heavy atom. The predicted octanol–water partition coefficient (Wildman–Crippen LogP) is 3.18. The van der Waals surface area contributed by atoms with Crippen molar-refractivity contribution in [3.63, 3.8) is 0 Å².